The molecular weight excluding hydrogens is 308 g/mol. The van der Waals surface area contributed by atoms with E-state index in [2.05, 4.69) is 10.5 Å². The van der Waals surface area contributed by atoms with E-state index in [0.717, 1.165) is 17.7 Å². The quantitative estimate of drug-likeness (QED) is 0.599. The Morgan fingerprint density at radius 1 is 1.04 bits per heavy atom. The third-order valence-corrected chi connectivity index (χ3v) is 3.50. The topological polar surface area (TPSA) is 80.2 Å². The molecule has 0 bridgehead atoms. The van der Waals surface area contributed by atoms with Gasteiger partial charge in [-0.3, -0.25) is 5.43 Å². The number of carboxylic acid groups (broad SMARTS) is 1. The van der Waals surface area contributed by atoms with Gasteiger partial charge in [-0.2, -0.15) is 5.10 Å². The normalized spacial score (nSPS) is 11.0. The number of nitrogens with one attached hydrogen (secondary N) is 1. The Kier molecular flexibility index (Phi) is 5.78. The first-order valence-electron chi connectivity index (χ1n) is 7.47. The molecule has 0 aromatic heterocycles. The van der Waals surface area contributed by atoms with E-state index in [9.17, 15) is 4.79 Å². The number of benzene rings is 2. The summed E-state index contributed by atoms with van der Waals surface area (Å²) in [6, 6.07) is 12.0. The lowest BCUT2D eigenvalue weighted by Gasteiger charge is -2.11. The van der Waals surface area contributed by atoms with E-state index in [1.54, 1.807) is 26.4 Å². The fourth-order valence-electron chi connectivity index (χ4n) is 2.18. The predicted octanol–water partition coefficient (Wildman–Crippen LogP) is 3.63. The van der Waals surface area contributed by atoms with E-state index in [1.165, 1.54) is 12.1 Å². The summed E-state index contributed by atoms with van der Waals surface area (Å²) in [7, 11) is 3.18. The minimum absolute atomic E-state index is 0.236. The average Bonchev–Trinajstić information content (AvgIpc) is 2.62. The Labute approximate surface area is 140 Å². The first kappa shape index (κ1) is 17.3. The molecule has 0 spiro atoms. The van der Waals surface area contributed by atoms with Crippen LogP contribution in [0.2, 0.25) is 0 Å². The first-order valence-corrected chi connectivity index (χ1v) is 7.47. The summed E-state index contributed by atoms with van der Waals surface area (Å²) >= 11 is 0. The van der Waals surface area contributed by atoms with Crippen molar-refractivity contribution in [2.45, 2.75) is 13.3 Å². The molecule has 2 rings (SSSR count). The summed E-state index contributed by atoms with van der Waals surface area (Å²) in [4.78, 5) is 10.9. The van der Waals surface area contributed by atoms with E-state index in [-0.39, 0.29) is 5.56 Å². The van der Waals surface area contributed by atoms with Crippen molar-refractivity contribution in [3.8, 4) is 11.5 Å². The van der Waals surface area contributed by atoms with Crippen LogP contribution in [0, 0.1) is 0 Å². The molecule has 0 amide bonds. The number of aromatic carboxylic acids is 1. The smallest absolute Gasteiger partial charge is 0.335 e. The summed E-state index contributed by atoms with van der Waals surface area (Å²) in [5.74, 6) is 0.348. The molecule has 0 aliphatic carbocycles. The first-order chi connectivity index (χ1) is 11.6. The maximum Gasteiger partial charge on any atom is 0.335 e. The average molecular weight is 328 g/mol. The highest BCUT2D eigenvalue weighted by molar-refractivity contribution is 6.01. The molecule has 6 heteroatoms. The Bertz CT molecular complexity index is 739. The van der Waals surface area contributed by atoms with Crippen LogP contribution in [0.1, 0.15) is 29.3 Å². The zero-order chi connectivity index (χ0) is 17.5. The number of hydrogen-bond acceptors (Lipinski definition) is 5. The van der Waals surface area contributed by atoms with Crippen LogP contribution >= 0.6 is 0 Å². The Balaban J connectivity index is 2.21. The standard InChI is InChI=1S/C18H20N2O4/c1-4-15(13-7-10-16(23-2)17(11-13)24-3)20-19-14-8-5-12(6-9-14)18(21)22/h5-11,19H,4H2,1-3H3,(H,21,22)/b20-15+. The van der Waals surface area contributed by atoms with E-state index in [4.69, 9.17) is 14.6 Å². The molecule has 0 unspecified atom stereocenters. The molecule has 0 fully saturated rings. The zero-order valence-corrected chi connectivity index (χ0v) is 13.9. The van der Waals surface area contributed by atoms with Crippen LogP contribution < -0.4 is 14.9 Å². The Morgan fingerprint density at radius 2 is 1.67 bits per heavy atom. The summed E-state index contributed by atoms with van der Waals surface area (Å²) in [5, 5.41) is 13.3. The second-order valence-electron chi connectivity index (χ2n) is 4.98. The summed E-state index contributed by atoms with van der Waals surface area (Å²) in [6.45, 7) is 2.00. The zero-order valence-electron chi connectivity index (χ0n) is 13.9. The van der Waals surface area contributed by atoms with Crippen molar-refractivity contribution in [3.63, 3.8) is 0 Å². The molecular formula is C18H20N2O4. The van der Waals surface area contributed by atoms with Crippen LogP contribution in [0.3, 0.4) is 0 Å². The molecule has 2 aromatic carbocycles. The number of hydrogen-bond donors (Lipinski definition) is 2. The number of nitrogens with zero attached hydrogens (tertiary/aromatic N) is 1. The maximum atomic E-state index is 10.9. The number of methoxy groups -OCH3 is 2. The highest BCUT2D eigenvalue weighted by Crippen LogP contribution is 2.28. The SMILES string of the molecule is CC/C(=N\Nc1ccc(C(=O)O)cc1)c1ccc(OC)c(OC)c1. The van der Waals surface area contributed by atoms with Crippen molar-refractivity contribution in [3.05, 3.63) is 53.6 Å². The lowest BCUT2D eigenvalue weighted by atomic mass is 10.1. The molecule has 126 valence electrons. The predicted molar refractivity (Wildman–Crippen MR) is 93.4 cm³/mol. The highest BCUT2D eigenvalue weighted by Gasteiger charge is 2.08. The van der Waals surface area contributed by atoms with E-state index in [0.29, 0.717) is 17.2 Å². The van der Waals surface area contributed by atoms with Crippen molar-refractivity contribution in [1.82, 2.24) is 0 Å². The molecule has 24 heavy (non-hydrogen) atoms. The molecule has 0 radical (unpaired) electrons. The van der Waals surface area contributed by atoms with E-state index >= 15 is 0 Å². The monoisotopic (exact) mass is 328 g/mol. The third-order valence-electron chi connectivity index (χ3n) is 3.50. The van der Waals surface area contributed by atoms with Crippen LogP contribution in [-0.2, 0) is 0 Å². The molecule has 0 atom stereocenters. The number of rotatable bonds is 7. The van der Waals surface area contributed by atoms with Crippen LogP contribution in [0.15, 0.2) is 47.6 Å². The second kappa shape index (κ2) is 8.01. The van der Waals surface area contributed by atoms with Crippen molar-refractivity contribution in [2.24, 2.45) is 5.10 Å². The lowest BCUT2D eigenvalue weighted by Crippen LogP contribution is -2.04. The molecule has 0 aliphatic heterocycles. The van der Waals surface area contributed by atoms with Gasteiger partial charge in [-0.15, -0.1) is 0 Å². The van der Waals surface area contributed by atoms with Gasteiger partial charge in [0.25, 0.3) is 0 Å². The number of anilines is 1. The summed E-state index contributed by atoms with van der Waals surface area (Å²) < 4.78 is 10.5. The van der Waals surface area contributed by atoms with E-state index in [1.807, 2.05) is 25.1 Å². The van der Waals surface area contributed by atoms with Gasteiger partial charge in [-0.25, -0.2) is 4.79 Å². The molecule has 6 nitrogen and oxygen atoms in total. The fourth-order valence-corrected chi connectivity index (χ4v) is 2.18. The molecule has 2 aromatic rings. The molecule has 0 heterocycles. The summed E-state index contributed by atoms with van der Waals surface area (Å²) in [6.07, 6.45) is 0.718. The van der Waals surface area contributed by atoms with Gasteiger partial charge >= 0.3 is 5.97 Å². The van der Waals surface area contributed by atoms with Crippen molar-refractivity contribution in [1.29, 1.82) is 0 Å². The van der Waals surface area contributed by atoms with E-state index < -0.39 is 5.97 Å². The third kappa shape index (κ3) is 4.04. The van der Waals surface area contributed by atoms with Gasteiger partial charge in [0.05, 0.1) is 31.2 Å². The number of carbonyl (C=O) groups is 1. The Morgan fingerprint density at radius 3 is 2.21 bits per heavy atom. The number of ether oxygens (including phenoxy) is 2. The molecule has 0 saturated heterocycles. The van der Waals surface area contributed by atoms with Crippen LogP contribution in [-0.4, -0.2) is 31.0 Å². The minimum Gasteiger partial charge on any atom is -0.493 e. The van der Waals surface area contributed by atoms with Crippen molar-refractivity contribution < 1.29 is 19.4 Å². The molecule has 0 aliphatic rings. The van der Waals surface area contributed by atoms with Crippen LogP contribution in [0.5, 0.6) is 11.5 Å². The van der Waals surface area contributed by atoms with Gasteiger partial charge in [0, 0.05) is 5.56 Å². The van der Waals surface area contributed by atoms with Gasteiger partial charge in [-0.1, -0.05) is 6.92 Å². The van der Waals surface area contributed by atoms with Gasteiger partial charge in [0.2, 0.25) is 0 Å². The maximum absolute atomic E-state index is 10.9. The van der Waals surface area contributed by atoms with Crippen molar-refractivity contribution >= 4 is 17.4 Å². The minimum atomic E-state index is -0.954. The summed E-state index contributed by atoms with van der Waals surface area (Å²) in [5.41, 5.74) is 5.67. The molecule has 2 N–H and O–H groups in total. The van der Waals surface area contributed by atoms with Gasteiger partial charge in [0.15, 0.2) is 11.5 Å². The number of carboxylic acids is 1. The largest absolute Gasteiger partial charge is 0.493 e. The van der Waals surface area contributed by atoms with Crippen LogP contribution in [0.25, 0.3) is 0 Å². The Hall–Kier alpha value is -3.02. The van der Waals surface area contributed by atoms with Gasteiger partial charge in [-0.05, 0) is 48.9 Å². The highest BCUT2D eigenvalue weighted by atomic mass is 16.5. The van der Waals surface area contributed by atoms with Crippen LogP contribution in [0.4, 0.5) is 5.69 Å². The number of hydrazone groups is 1. The van der Waals surface area contributed by atoms with Gasteiger partial charge < -0.3 is 14.6 Å². The second-order valence-corrected chi connectivity index (χ2v) is 4.98. The van der Waals surface area contributed by atoms with Gasteiger partial charge in [0.1, 0.15) is 0 Å². The lowest BCUT2D eigenvalue weighted by molar-refractivity contribution is 0.0697. The fraction of sp³-hybridized carbons (Fsp3) is 0.222. The van der Waals surface area contributed by atoms with Crippen molar-refractivity contribution in [2.75, 3.05) is 19.6 Å². The molecule has 0 saturated carbocycles.